The summed E-state index contributed by atoms with van der Waals surface area (Å²) in [5, 5.41) is 11.6. The highest BCUT2D eigenvalue weighted by molar-refractivity contribution is 6.08. The Bertz CT molecular complexity index is 2910. The van der Waals surface area contributed by atoms with Gasteiger partial charge in [0.25, 0.3) is 0 Å². The molecule has 11 rings (SSSR count). The van der Waals surface area contributed by atoms with Crippen molar-refractivity contribution in [2.24, 2.45) is 16.6 Å². The molecule has 0 amide bonds. The summed E-state index contributed by atoms with van der Waals surface area (Å²) in [6.07, 6.45) is 4.96. The summed E-state index contributed by atoms with van der Waals surface area (Å²) in [4.78, 5) is 4.67. The fraction of sp³-hybridized carbons (Fsp3) is 0.0741. The van der Waals surface area contributed by atoms with Crippen LogP contribution in [0.1, 0.15) is 44.5 Å². The molecule has 5 heteroatoms. The maximum atomic E-state index is 9.19. The summed E-state index contributed by atoms with van der Waals surface area (Å²) in [5.41, 5.74) is 17.1. The highest BCUT2D eigenvalue weighted by Gasteiger charge is 2.48. The van der Waals surface area contributed by atoms with Crippen LogP contribution in [-0.4, -0.2) is 11.7 Å². The van der Waals surface area contributed by atoms with E-state index in [1.54, 1.807) is 0 Å². The zero-order valence-corrected chi connectivity index (χ0v) is 32.6. The lowest BCUT2D eigenvalue weighted by Crippen LogP contribution is -2.28. The molecule has 2 aliphatic carbocycles. The number of ether oxygens (including phenoxy) is 2. The summed E-state index contributed by atoms with van der Waals surface area (Å²) in [6, 6.07) is 62.7. The molecule has 3 aliphatic rings. The third kappa shape index (κ3) is 6.10. The van der Waals surface area contributed by atoms with Crippen molar-refractivity contribution in [1.82, 2.24) is 0 Å². The number of hydrogen-bond donors (Lipinski definition) is 2. The van der Waals surface area contributed by atoms with Gasteiger partial charge in [0, 0.05) is 11.5 Å². The predicted octanol–water partition coefficient (Wildman–Crippen LogP) is 12.7. The Labute approximate surface area is 344 Å². The van der Waals surface area contributed by atoms with Crippen LogP contribution in [0, 0.1) is 18.3 Å². The van der Waals surface area contributed by atoms with Crippen molar-refractivity contribution in [3.8, 4) is 34.1 Å². The van der Waals surface area contributed by atoms with Gasteiger partial charge in [-0.05, 0) is 81.3 Å². The number of aliphatic imine (C=N–C) groups is 1. The Kier molecular flexibility index (Phi) is 8.99. The van der Waals surface area contributed by atoms with Crippen LogP contribution in [0.3, 0.4) is 0 Å². The molecule has 5 nitrogen and oxygen atoms in total. The van der Waals surface area contributed by atoms with Gasteiger partial charge in [-0.3, -0.25) is 5.41 Å². The Morgan fingerprint density at radius 1 is 0.627 bits per heavy atom. The van der Waals surface area contributed by atoms with Gasteiger partial charge < -0.3 is 15.2 Å². The van der Waals surface area contributed by atoms with Crippen molar-refractivity contribution in [2.75, 3.05) is 0 Å². The van der Waals surface area contributed by atoms with Gasteiger partial charge in [0.15, 0.2) is 28.8 Å². The highest BCUT2D eigenvalue weighted by Crippen LogP contribution is 2.62. The maximum Gasteiger partial charge on any atom is 0.181 e. The van der Waals surface area contributed by atoms with E-state index in [1.165, 1.54) is 44.2 Å². The fourth-order valence-corrected chi connectivity index (χ4v) is 9.01. The molecule has 3 N–H and O–H groups in total. The SMILES string of the molecule is Cc1ccccc1.N=C(N=C(N)C1C=Cc2c(ccc3ccccc23)C1)c1cccc2c1Oc1c(ccc3c1-c1ccccc1C3(c1ccccc1)c1ccccc1)O2. The number of nitrogens with one attached hydrogen (secondary N) is 1. The van der Waals surface area contributed by atoms with Crippen molar-refractivity contribution < 1.29 is 9.47 Å². The third-order valence-electron chi connectivity index (χ3n) is 11.8. The first-order valence-electron chi connectivity index (χ1n) is 20.0. The second kappa shape index (κ2) is 14.8. The number of nitrogens with zero attached hydrogens (tertiary/aromatic N) is 1. The molecule has 0 saturated heterocycles. The lowest BCUT2D eigenvalue weighted by molar-refractivity contribution is 0.360. The van der Waals surface area contributed by atoms with Crippen molar-refractivity contribution in [1.29, 1.82) is 5.41 Å². The van der Waals surface area contributed by atoms with Crippen molar-refractivity contribution in [3.05, 3.63) is 233 Å². The molecule has 8 aromatic carbocycles. The number of benzene rings is 8. The highest BCUT2D eigenvalue weighted by atomic mass is 16.6. The fourth-order valence-electron chi connectivity index (χ4n) is 9.01. The minimum Gasteiger partial charge on any atom is -0.449 e. The summed E-state index contributed by atoms with van der Waals surface area (Å²) in [6.45, 7) is 2.08. The van der Waals surface area contributed by atoms with Crippen molar-refractivity contribution >= 4 is 28.5 Å². The normalized spacial score (nSPS) is 15.2. The van der Waals surface area contributed by atoms with E-state index < -0.39 is 5.41 Å². The molecule has 1 unspecified atom stereocenters. The zero-order valence-electron chi connectivity index (χ0n) is 32.6. The number of rotatable bonds is 4. The first-order valence-corrected chi connectivity index (χ1v) is 20.0. The Morgan fingerprint density at radius 3 is 2.02 bits per heavy atom. The van der Waals surface area contributed by atoms with E-state index in [0.29, 0.717) is 34.4 Å². The van der Waals surface area contributed by atoms with Crippen LogP contribution in [0.4, 0.5) is 0 Å². The molecule has 1 aliphatic heterocycles. The average Bonchev–Trinajstić information content (AvgIpc) is 3.60. The van der Waals surface area contributed by atoms with E-state index in [9.17, 15) is 5.41 Å². The second-order valence-corrected chi connectivity index (χ2v) is 15.2. The van der Waals surface area contributed by atoms with E-state index in [1.807, 2.05) is 42.5 Å². The van der Waals surface area contributed by atoms with Crippen LogP contribution in [0.25, 0.3) is 28.0 Å². The molecule has 59 heavy (non-hydrogen) atoms. The maximum absolute atomic E-state index is 9.19. The number of para-hydroxylation sites is 1. The third-order valence-corrected chi connectivity index (χ3v) is 11.8. The standard InChI is InChI=1S/C47H33N3O2.C7H8/c48-45(31-24-25-35-30(28-31)23-22-29-12-7-8-17-34(29)35)50-46(49)37-19-11-21-40-43(37)52-44-41(51-40)27-26-39-42(44)36-18-9-10-20-38(36)47(39,32-13-3-1-4-14-32)33-15-5-2-6-16-33;1-7-5-3-2-4-6-7/h1-27,31H,28H2,(H3,48,49,50);2-6H,1H3. The van der Waals surface area contributed by atoms with Gasteiger partial charge in [0.1, 0.15) is 5.84 Å². The van der Waals surface area contributed by atoms with Gasteiger partial charge in [-0.1, -0.05) is 182 Å². The molecule has 284 valence electrons. The summed E-state index contributed by atoms with van der Waals surface area (Å²) in [5.74, 6) is 2.52. The largest absolute Gasteiger partial charge is 0.449 e. The summed E-state index contributed by atoms with van der Waals surface area (Å²) < 4.78 is 13.5. The molecule has 0 spiro atoms. The van der Waals surface area contributed by atoms with Gasteiger partial charge in [-0.2, -0.15) is 0 Å². The van der Waals surface area contributed by atoms with E-state index >= 15 is 0 Å². The first kappa shape index (κ1) is 35.9. The number of nitrogens with two attached hydrogens (primary N) is 1. The molecule has 0 bridgehead atoms. The number of fused-ring (bicyclic) bond motifs is 9. The van der Waals surface area contributed by atoms with E-state index in [4.69, 9.17) is 15.2 Å². The lowest BCUT2D eigenvalue weighted by Gasteiger charge is -2.34. The van der Waals surface area contributed by atoms with Crippen molar-refractivity contribution in [3.63, 3.8) is 0 Å². The van der Waals surface area contributed by atoms with Gasteiger partial charge in [-0.25, -0.2) is 4.99 Å². The molecular weight excluding hydrogens is 723 g/mol. The number of amidine groups is 2. The number of hydrogen-bond acceptors (Lipinski definition) is 3. The van der Waals surface area contributed by atoms with Gasteiger partial charge in [0.2, 0.25) is 0 Å². The van der Waals surface area contributed by atoms with E-state index in [2.05, 4.69) is 164 Å². The first-order chi connectivity index (χ1) is 29.0. The van der Waals surface area contributed by atoms with Crippen molar-refractivity contribution in [2.45, 2.75) is 18.8 Å². The Hall–Kier alpha value is -7.50. The Morgan fingerprint density at radius 2 is 1.29 bits per heavy atom. The molecule has 1 atom stereocenters. The van der Waals surface area contributed by atoms with Crippen LogP contribution in [-0.2, 0) is 11.8 Å². The lowest BCUT2D eigenvalue weighted by atomic mass is 9.68. The van der Waals surface area contributed by atoms with Gasteiger partial charge >= 0.3 is 0 Å². The Balaban J connectivity index is 0.000000547. The van der Waals surface area contributed by atoms with Crippen LogP contribution >= 0.6 is 0 Å². The minimum atomic E-state index is -0.573. The molecular formula is C54H41N3O2. The topological polar surface area (TPSA) is 80.7 Å². The summed E-state index contributed by atoms with van der Waals surface area (Å²) >= 11 is 0. The molecule has 1 heterocycles. The quantitative estimate of drug-likeness (QED) is 0.138. The van der Waals surface area contributed by atoms with Gasteiger partial charge in [-0.15, -0.1) is 0 Å². The zero-order chi connectivity index (χ0) is 39.9. The number of aryl methyl sites for hydroxylation is 1. The molecule has 8 aromatic rings. The summed E-state index contributed by atoms with van der Waals surface area (Å²) in [7, 11) is 0. The van der Waals surface area contributed by atoms with E-state index in [0.717, 1.165) is 23.1 Å². The van der Waals surface area contributed by atoms with Crippen LogP contribution in [0.5, 0.6) is 23.0 Å². The second-order valence-electron chi connectivity index (χ2n) is 15.2. The molecule has 0 fully saturated rings. The van der Waals surface area contributed by atoms with Crippen LogP contribution in [0.2, 0.25) is 0 Å². The molecule has 0 aromatic heterocycles. The average molecular weight is 764 g/mol. The minimum absolute atomic E-state index is 0.0232. The predicted molar refractivity (Wildman–Crippen MR) is 240 cm³/mol. The monoisotopic (exact) mass is 763 g/mol. The molecule has 0 radical (unpaired) electrons. The van der Waals surface area contributed by atoms with Crippen LogP contribution in [0.15, 0.2) is 193 Å². The smallest absolute Gasteiger partial charge is 0.181 e. The van der Waals surface area contributed by atoms with Crippen LogP contribution < -0.4 is 15.2 Å². The molecule has 0 saturated carbocycles. The van der Waals surface area contributed by atoms with E-state index in [-0.39, 0.29) is 11.8 Å². The van der Waals surface area contributed by atoms with Gasteiger partial charge in [0.05, 0.1) is 11.0 Å².